The van der Waals surface area contributed by atoms with E-state index in [1.54, 1.807) is 0 Å². The van der Waals surface area contributed by atoms with Crippen LogP contribution >= 0.6 is 0 Å². The van der Waals surface area contributed by atoms with Crippen molar-refractivity contribution in [3.05, 3.63) is 12.2 Å². The van der Waals surface area contributed by atoms with Crippen molar-refractivity contribution in [1.29, 1.82) is 0 Å². The van der Waals surface area contributed by atoms with E-state index >= 15 is 0 Å². The van der Waals surface area contributed by atoms with E-state index in [0.717, 1.165) is 11.8 Å². The molecule has 0 amide bonds. The molecule has 0 bridgehead atoms. The Kier molecular flexibility index (Phi) is 12.1. The predicted octanol–water partition coefficient (Wildman–Crippen LogP) is 8.61. The maximum absolute atomic E-state index is 2.63. The maximum Gasteiger partial charge on any atom is 0.0448 e. The zero-order valence-corrected chi connectivity index (χ0v) is 18.4. The molecule has 0 aromatic carbocycles. The zero-order chi connectivity index (χ0) is 17.7. The van der Waals surface area contributed by atoms with Gasteiger partial charge >= 0.3 is 0 Å². The Balaban J connectivity index is 2.24. The average molecular weight is 351 g/mol. The van der Waals surface area contributed by atoms with Crippen LogP contribution in [0.5, 0.6) is 0 Å². The predicted molar refractivity (Wildman–Crippen MR) is 115 cm³/mol. The third-order valence-corrected chi connectivity index (χ3v) is 7.37. The molecule has 24 heavy (non-hydrogen) atoms. The fraction of sp³-hybridized carbons (Fsp3) is 0.913. The van der Waals surface area contributed by atoms with Crippen molar-refractivity contribution in [2.75, 3.05) is 0 Å². The molecule has 1 rings (SSSR count). The van der Waals surface area contributed by atoms with Gasteiger partial charge in [0.15, 0.2) is 0 Å². The molecule has 0 aliphatic heterocycles. The lowest BCUT2D eigenvalue weighted by Gasteiger charge is -2.28. The SMILES string of the molecule is CCCCCCCCC/C=C/C(CC1CCCCC1)C[Si](C)(C)C. The quantitative estimate of drug-likeness (QED) is 0.177. The van der Waals surface area contributed by atoms with Crippen molar-refractivity contribution in [2.24, 2.45) is 11.8 Å². The van der Waals surface area contributed by atoms with Crippen molar-refractivity contribution >= 4 is 8.07 Å². The van der Waals surface area contributed by atoms with Crippen LogP contribution in [0, 0.1) is 11.8 Å². The summed E-state index contributed by atoms with van der Waals surface area (Å²) in [6.45, 7) is 9.94. The van der Waals surface area contributed by atoms with Crippen LogP contribution in [0.25, 0.3) is 0 Å². The van der Waals surface area contributed by atoms with Crippen LogP contribution in [0.15, 0.2) is 12.2 Å². The Morgan fingerprint density at radius 1 is 0.875 bits per heavy atom. The van der Waals surface area contributed by atoms with Gasteiger partial charge in [0.1, 0.15) is 0 Å². The molecular formula is C23H46Si. The van der Waals surface area contributed by atoms with Gasteiger partial charge in [0.2, 0.25) is 0 Å². The van der Waals surface area contributed by atoms with Crippen molar-refractivity contribution in [2.45, 2.75) is 123 Å². The number of hydrogen-bond donors (Lipinski definition) is 0. The second-order valence-corrected chi connectivity index (χ2v) is 15.1. The summed E-state index contributed by atoms with van der Waals surface area (Å²) < 4.78 is 0. The van der Waals surface area contributed by atoms with Crippen molar-refractivity contribution < 1.29 is 0 Å². The molecule has 0 spiro atoms. The van der Waals surface area contributed by atoms with Crippen molar-refractivity contribution in [1.82, 2.24) is 0 Å². The smallest absolute Gasteiger partial charge is 0.0448 e. The second-order valence-electron chi connectivity index (χ2n) is 9.60. The standard InChI is InChI=1S/C23H46Si/c1-5-6-7-8-9-10-11-12-14-19-23(21-24(2,3)4)20-22-17-15-13-16-18-22/h14,19,22-23H,5-13,15-18,20-21H2,1-4H3/b19-14+. The van der Waals surface area contributed by atoms with E-state index in [1.807, 2.05) is 0 Å². The third-order valence-electron chi connectivity index (χ3n) is 5.62. The molecule has 0 aromatic heterocycles. The van der Waals surface area contributed by atoms with Crippen molar-refractivity contribution in [3.63, 3.8) is 0 Å². The van der Waals surface area contributed by atoms with E-state index in [0.29, 0.717) is 0 Å². The molecule has 1 aliphatic rings. The highest BCUT2D eigenvalue weighted by molar-refractivity contribution is 6.76. The normalized spacial score (nSPS) is 18.3. The van der Waals surface area contributed by atoms with Crippen LogP contribution < -0.4 is 0 Å². The van der Waals surface area contributed by atoms with Crippen LogP contribution in [0.3, 0.4) is 0 Å². The lowest BCUT2D eigenvalue weighted by molar-refractivity contribution is 0.314. The highest BCUT2D eigenvalue weighted by atomic mass is 28.3. The highest BCUT2D eigenvalue weighted by Crippen LogP contribution is 2.33. The van der Waals surface area contributed by atoms with Gasteiger partial charge in [0.05, 0.1) is 0 Å². The molecule has 1 unspecified atom stereocenters. The van der Waals surface area contributed by atoms with Gasteiger partial charge in [-0.3, -0.25) is 0 Å². The first-order valence-corrected chi connectivity index (χ1v) is 14.9. The molecule has 1 saturated carbocycles. The molecule has 0 heterocycles. The topological polar surface area (TPSA) is 0 Å². The van der Waals surface area contributed by atoms with Crippen LogP contribution in [0.4, 0.5) is 0 Å². The monoisotopic (exact) mass is 350 g/mol. The molecule has 0 saturated heterocycles. The van der Waals surface area contributed by atoms with E-state index in [1.165, 1.54) is 95.9 Å². The molecule has 1 heteroatoms. The largest absolute Gasteiger partial charge is 0.0883 e. The Hall–Kier alpha value is -0.0431. The zero-order valence-electron chi connectivity index (χ0n) is 17.4. The molecular weight excluding hydrogens is 304 g/mol. The van der Waals surface area contributed by atoms with Crippen molar-refractivity contribution in [3.8, 4) is 0 Å². The first kappa shape index (κ1) is 22.0. The van der Waals surface area contributed by atoms with Gasteiger partial charge in [-0.2, -0.15) is 0 Å². The van der Waals surface area contributed by atoms with Gasteiger partial charge in [-0.1, -0.05) is 115 Å². The summed E-state index contributed by atoms with van der Waals surface area (Å²) in [4.78, 5) is 0. The molecule has 0 radical (unpaired) electrons. The summed E-state index contributed by atoms with van der Waals surface area (Å²) >= 11 is 0. The summed E-state index contributed by atoms with van der Waals surface area (Å²) in [6.07, 6.45) is 25.5. The molecule has 0 aromatic rings. The Labute approximate surface area is 154 Å². The van der Waals surface area contributed by atoms with Gasteiger partial charge in [0, 0.05) is 8.07 Å². The number of allylic oxidation sites excluding steroid dienone is 2. The fourth-order valence-electron chi connectivity index (χ4n) is 4.38. The average Bonchev–Trinajstić information content (AvgIpc) is 2.52. The number of rotatable bonds is 13. The Morgan fingerprint density at radius 2 is 1.50 bits per heavy atom. The summed E-state index contributed by atoms with van der Waals surface area (Å²) in [5.74, 6) is 1.91. The molecule has 0 N–H and O–H groups in total. The van der Waals surface area contributed by atoms with E-state index < -0.39 is 8.07 Å². The highest BCUT2D eigenvalue weighted by Gasteiger charge is 2.22. The number of unbranched alkanes of at least 4 members (excludes halogenated alkanes) is 7. The summed E-state index contributed by atoms with van der Waals surface area (Å²) in [5, 5.41) is 0. The van der Waals surface area contributed by atoms with Crippen LogP contribution in [-0.2, 0) is 0 Å². The molecule has 0 nitrogen and oxygen atoms in total. The minimum absolute atomic E-state index is 0.879. The fourth-order valence-corrected chi connectivity index (χ4v) is 6.25. The second kappa shape index (κ2) is 13.2. The van der Waals surface area contributed by atoms with Gasteiger partial charge < -0.3 is 0 Å². The molecule has 142 valence electrons. The summed E-state index contributed by atoms with van der Waals surface area (Å²) in [7, 11) is -0.950. The first-order chi connectivity index (χ1) is 11.5. The van der Waals surface area contributed by atoms with E-state index in [2.05, 4.69) is 38.7 Å². The third kappa shape index (κ3) is 12.3. The van der Waals surface area contributed by atoms with Crippen LogP contribution in [0.1, 0.15) is 96.8 Å². The van der Waals surface area contributed by atoms with Crippen LogP contribution in [0.2, 0.25) is 25.7 Å². The van der Waals surface area contributed by atoms with E-state index in [9.17, 15) is 0 Å². The molecule has 1 atom stereocenters. The minimum Gasteiger partial charge on any atom is -0.0883 e. The summed E-state index contributed by atoms with van der Waals surface area (Å²) in [6, 6.07) is 1.50. The lowest BCUT2D eigenvalue weighted by Crippen LogP contribution is -2.24. The van der Waals surface area contributed by atoms with Gasteiger partial charge in [-0.15, -0.1) is 0 Å². The van der Waals surface area contributed by atoms with E-state index in [-0.39, 0.29) is 0 Å². The Morgan fingerprint density at radius 3 is 2.12 bits per heavy atom. The van der Waals surface area contributed by atoms with Gasteiger partial charge in [-0.25, -0.2) is 0 Å². The van der Waals surface area contributed by atoms with Gasteiger partial charge in [-0.05, 0) is 31.1 Å². The first-order valence-electron chi connectivity index (χ1n) is 11.2. The van der Waals surface area contributed by atoms with Crippen LogP contribution in [-0.4, -0.2) is 8.07 Å². The number of hydrogen-bond acceptors (Lipinski definition) is 0. The maximum atomic E-state index is 2.63. The molecule has 1 aliphatic carbocycles. The Bertz CT molecular complexity index is 306. The van der Waals surface area contributed by atoms with E-state index in [4.69, 9.17) is 0 Å². The minimum atomic E-state index is -0.950. The lowest BCUT2D eigenvalue weighted by atomic mass is 9.83. The van der Waals surface area contributed by atoms with Gasteiger partial charge in [0.25, 0.3) is 0 Å². The summed E-state index contributed by atoms with van der Waals surface area (Å²) in [5.41, 5.74) is 0. The molecule has 1 fully saturated rings.